The second-order valence-corrected chi connectivity index (χ2v) is 6.06. The lowest BCUT2D eigenvalue weighted by Gasteiger charge is -2.18. The van der Waals surface area contributed by atoms with Crippen LogP contribution in [0.3, 0.4) is 0 Å². The molecule has 0 radical (unpaired) electrons. The summed E-state index contributed by atoms with van der Waals surface area (Å²) in [5.74, 6) is 0.862. The molecular weight excluding hydrogens is 307 g/mol. The van der Waals surface area contributed by atoms with Crippen LogP contribution in [0, 0.1) is 5.92 Å². The van der Waals surface area contributed by atoms with Crippen LogP contribution in [0.25, 0.3) is 0 Å². The van der Waals surface area contributed by atoms with E-state index < -0.39 is 0 Å². The minimum Gasteiger partial charge on any atom is -0.492 e. The van der Waals surface area contributed by atoms with E-state index in [2.05, 4.69) is 6.92 Å². The molecule has 0 N–H and O–H groups in total. The predicted molar refractivity (Wildman–Crippen MR) is 79.7 cm³/mol. The Bertz CT molecular complexity index is 451. The normalized spacial score (nSPS) is 24.5. The Morgan fingerprint density at radius 2 is 2.11 bits per heavy atom. The van der Waals surface area contributed by atoms with E-state index in [4.69, 9.17) is 44.3 Å². The van der Waals surface area contributed by atoms with Crippen LogP contribution in [0.4, 0.5) is 0 Å². The van der Waals surface area contributed by atoms with Gasteiger partial charge in [-0.15, -0.1) is 11.6 Å². The summed E-state index contributed by atoms with van der Waals surface area (Å²) in [7, 11) is 0. The highest BCUT2D eigenvalue weighted by Crippen LogP contribution is 2.42. The monoisotopic (exact) mass is 322 g/mol. The molecule has 3 unspecified atom stereocenters. The average Bonchev–Trinajstić information content (AvgIpc) is 2.79. The summed E-state index contributed by atoms with van der Waals surface area (Å²) in [4.78, 5) is 0. The third-order valence-electron chi connectivity index (χ3n) is 3.29. The molecule has 19 heavy (non-hydrogen) atoms. The van der Waals surface area contributed by atoms with Gasteiger partial charge in [-0.25, -0.2) is 0 Å². The molecule has 1 aliphatic rings. The molecule has 2 nitrogen and oxygen atoms in total. The fraction of sp³-hybridized carbons (Fsp3) is 0.571. The second kappa shape index (κ2) is 6.53. The van der Waals surface area contributed by atoms with Crippen molar-refractivity contribution in [1.29, 1.82) is 0 Å². The molecule has 0 amide bonds. The lowest BCUT2D eigenvalue weighted by Crippen LogP contribution is -2.09. The molecule has 1 saturated heterocycles. The highest BCUT2D eigenvalue weighted by Gasteiger charge is 2.31. The molecule has 2 rings (SSSR count). The molecular formula is C14H17Cl3O2. The van der Waals surface area contributed by atoms with Gasteiger partial charge in [0.2, 0.25) is 0 Å². The molecule has 0 aromatic heterocycles. The van der Waals surface area contributed by atoms with Crippen LogP contribution in [0.15, 0.2) is 12.1 Å². The van der Waals surface area contributed by atoms with Crippen LogP contribution in [-0.2, 0) is 4.74 Å². The number of alkyl halides is 1. The van der Waals surface area contributed by atoms with Gasteiger partial charge in [-0.3, -0.25) is 0 Å². The molecule has 3 atom stereocenters. The maximum absolute atomic E-state index is 6.52. The fourth-order valence-corrected chi connectivity index (χ4v) is 3.24. The summed E-state index contributed by atoms with van der Waals surface area (Å²) in [6.07, 6.45) is 1.19. The van der Waals surface area contributed by atoms with Gasteiger partial charge in [0.15, 0.2) is 0 Å². The van der Waals surface area contributed by atoms with E-state index in [-0.39, 0.29) is 17.4 Å². The zero-order valence-electron chi connectivity index (χ0n) is 11.0. The Kier molecular flexibility index (Phi) is 5.24. The quantitative estimate of drug-likeness (QED) is 0.718. The first-order valence-electron chi connectivity index (χ1n) is 6.40. The van der Waals surface area contributed by atoms with Gasteiger partial charge in [0.25, 0.3) is 0 Å². The van der Waals surface area contributed by atoms with Gasteiger partial charge in [0.05, 0.1) is 29.7 Å². The van der Waals surface area contributed by atoms with Crippen molar-refractivity contribution >= 4 is 34.8 Å². The summed E-state index contributed by atoms with van der Waals surface area (Å²) >= 11 is 19.0. The molecule has 1 fully saturated rings. The van der Waals surface area contributed by atoms with Crippen molar-refractivity contribution in [2.24, 2.45) is 5.92 Å². The number of hydrogen-bond acceptors (Lipinski definition) is 2. The largest absolute Gasteiger partial charge is 0.492 e. The minimum atomic E-state index is -0.189. The molecule has 1 aromatic rings. The molecule has 0 spiro atoms. The maximum Gasteiger partial charge on any atom is 0.139 e. The standard InChI is InChI=1S/C14H17Cl3O2/c1-3-18-13-6-11(15)10(5-12(13)16)14(17)9-4-8(2)19-7-9/h5-6,8-9,14H,3-4,7H2,1-2H3. The van der Waals surface area contributed by atoms with Crippen molar-refractivity contribution < 1.29 is 9.47 Å². The maximum atomic E-state index is 6.52. The number of rotatable bonds is 4. The van der Waals surface area contributed by atoms with Gasteiger partial charge in [0, 0.05) is 17.0 Å². The summed E-state index contributed by atoms with van der Waals surface area (Å²) in [5.41, 5.74) is 0.847. The van der Waals surface area contributed by atoms with Gasteiger partial charge in [-0.05, 0) is 31.9 Å². The number of hydrogen-bond donors (Lipinski definition) is 0. The average molecular weight is 324 g/mol. The molecule has 0 bridgehead atoms. The van der Waals surface area contributed by atoms with E-state index in [0.717, 1.165) is 12.0 Å². The molecule has 1 heterocycles. The van der Waals surface area contributed by atoms with Gasteiger partial charge in [-0.2, -0.15) is 0 Å². The summed E-state index contributed by atoms with van der Waals surface area (Å²) in [5, 5.41) is 0.942. The number of halogens is 3. The molecule has 1 aromatic carbocycles. The Hall–Kier alpha value is -0.150. The predicted octanol–water partition coefficient (Wildman–Crippen LogP) is 5.10. The third-order valence-corrected chi connectivity index (χ3v) is 4.51. The zero-order valence-corrected chi connectivity index (χ0v) is 13.2. The van der Waals surface area contributed by atoms with Gasteiger partial charge in [-0.1, -0.05) is 23.2 Å². The molecule has 106 valence electrons. The number of ether oxygens (including phenoxy) is 2. The fourth-order valence-electron chi connectivity index (χ4n) is 2.33. The van der Waals surface area contributed by atoms with E-state index in [1.807, 2.05) is 6.92 Å². The van der Waals surface area contributed by atoms with E-state index in [1.165, 1.54) is 0 Å². The lowest BCUT2D eigenvalue weighted by molar-refractivity contribution is 0.120. The number of benzene rings is 1. The topological polar surface area (TPSA) is 18.5 Å². The highest BCUT2D eigenvalue weighted by atomic mass is 35.5. The Balaban J connectivity index is 2.22. The first-order chi connectivity index (χ1) is 9.02. The van der Waals surface area contributed by atoms with Gasteiger partial charge in [0.1, 0.15) is 5.75 Å². The Labute approximate surface area is 128 Å². The lowest BCUT2D eigenvalue weighted by atomic mass is 9.96. The second-order valence-electron chi connectivity index (χ2n) is 4.78. The summed E-state index contributed by atoms with van der Waals surface area (Å²) in [6, 6.07) is 3.53. The molecule has 1 aliphatic heterocycles. The van der Waals surface area contributed by atoms with E-state index in [1.54, 1.807) is 12.1 Å². The minimum absolute atomic E-state index is 0.189. The van der Waals surface area contributed by atoms with Crippen molar-refractivity contribution in [1.82, 2.24) is 0 Å². The van der Waals surface area contributed by atoms with E-state index >= 15 is 0 Å². The van der Waals surface area contributed by atoms with Crippen molar-refractivity contribution in [3.8, 4) is 5.75 Å². The first kappa shape index (κ1) is 15.2. The third kappa shape index (κ3) is 3.49. The van der Waals surface area contributed by atoms with Crippen LogP contribution in [0.1, 0.15) is 31.2 Å². The molecule has 5 heteroatoms. The van der Waals surface area contributed by atoms with Crippen molar-refractivity contribution in [2.75, 3.05) is 13.2 Å². The van der Waals surface area contributed by atoms with Crippen LogP contribution >= 0.6 is 34.8 Å². The smallest absolute Gasteiger partial charge is 0.139 e. The van der Waals surface area contributed by atoms with Crippen LogP contribution in [0.2, 0.25) is 10.0 Å². The van der Waals surface area contributed by atoms with E-state index in [9.17, 15) is 0 Å². The van der Waals surface area contributed by atoms with Crippen LogP contribution in [-0.4, -0.2) is 19.3 Å². The van der Waals surface area contributed by atoms with Crippen LogP contribution < -0.4 is 4.74 Å². The van der Waals surface area contributed by atoms with E-state index in [0.29, 0.717) is 29.0 Å². The summed E-state index contributed by atoms with van der Waals surface area (Å²) in [6.45, 7) is 5.17. The highest BCUT2D eigenvalue weighted by molar-refractivity contribution is 6.35. The van der Waals surface area contributed by atoms with Gasteiger partial charge < -0.3 is 9.47 Å². The first-order valence-corrected chi connectivity index (χ1v) is 7.59. The SMILES string of the molecule is CCOc1cc(Cl)c(C(Cl)C2COC(C)C2)cc1Cl. The zero-order chi connectivity index (χ0) is 14.0. The Morgan fingerprint density at radius 1 is 1.37 bits per heavy atom. The van der Waals surface area contributed by atoms with Crippen molar-refractivity contribution in [3.63, 3.8) is 0 Å². The van der Waals surface area contributed by atoms with Crippen LogP contribution in [0.5, 0.6) is 5.75 Å². The molecule has 0 saturated carbocycles. The molecule has 0 aliphatic carbocycles. The van der Waals surface area contributed by atoms with Gasteiger partial charge >= 0.3 is 0 Å². The van der Waals surface area contributed by atoms with Crippen molar-refractivity contribution in [2.45, 2.75) is 31.7 Å². The summed E-state index contributed by atoms with van der Waals surface area (Å²) < 4.78 is 11.0. The van der Waals surface area contributed by atoms with Crippen molar-refractivity contribution in [3.05, 3.63) is 27.7 Å². The Morgan fingerprint density at radius 3 is 2.68 bits per heavy atom.